The highest BCUT2D eigenvalue weighted by Gasteiger charge is 2.50. The Bertz CT molecular complexity index is 650. The molecule has 3 nitrogen and oxygen atoms in total. The molecule has 1 amide bonds. The molecule has 0 aromatic heterocycles. The van der Waals surface area contributed by atoms with Gasteiger partial charge in [0.15, 0.2) is 0 Å². The van der Waals surface area contributed by atoms with Gasteiger partial charge in [0, 0.05) is 12.2 Å². The third kappa shape index (κ3) is 3.43. The molecular weight excluding hydrogens is 320 g/mol. The lowest BCUT2D eigenvalue weighted by Gasteiger charge is -2.57. The van der Waals surface area contributed by atoms with Crippen molar-refractivity contribution in [2.75, 3.05) is 11.9 Å². The summed E-state index contributed by atoms with van der Waals surface area (Å²) in [5.74, 6) is 2.98. The number of carbonyl (C=O) groups is 1. The molecule has 26 heavy (non-hydrogen) atoms. The normalized spacial score (nSPS) is 33.3. The van der Waals surface area contributed by atoms with Gasteiger partial charge in [0.2, 0.25) is 5.91 Å². The van der Waals surface area contributed by atoms with E-state index in [1.807, 2.05) is 6.92 Å². The summed E-state index contributed by atoms with van der Waals surface area (Å²) in [6.45, 7) is 9.26. The van der Waals surface area contributed by atoms with Crippen molar-refractivity contribution < 1.29 is 4.79 Å². The van der Waals surface area contributed by atoms with E-state index in [1.54, 1.807) is 0 Å². The molecule has 0 aliphatic heterocycles. The standard InChI is InChI=1S/C23H34N2O/c1-14-5-15(2)21(16(3)6-14)25-22(26)17(4)24-13-23-10-18-7-19(11-23)9-20(8-18)12-23/h5-6,17-20,24H,7-13H2,1-4H3,(H,25,26)/t17-,18?,19?,20?,23?/m1/s1. The average Bonchev–Trinajstić information content (AvgIpc) is 2.54. The Balaban J connectivity index is 1.37. The summed E-state index contributed by atoms with van der Waals surface area (Å²) in [5, 5.41) is 6.76. The van der Waals surface area contributed by atoms with Crippen LogP contribution in [0.3, 0.4) is 0 Å². The molecular formula is C23H34N2O. The van der Waals surface area contributed by atoms with E-state index in [4.69, 9.17) is 0 Å². The van der Waals surface area contributed by atoms with Gasteiger partial charge in [-0.05, 0) is 101 Å². The molecule has 4 bridgehead atoms. The molecule has 142 valence electrons. The van der Waals surface area contributed by atoms with Crippen LogP contribution in [0.5, 0.6) is 0 Å². The quantitative estimate of drug-likeness (QED) is 0.801. The summed E-state index contributed by atoms with van der Waals surface area (Å²) in [4.78, 5) is 12.7. The van der Waals surface area contributed by atoms with Crippen molar-refractivity contribution in [1.29, 1.82) is 0 Å². The molecule has 0 heterocycles. The first kappa shape index (κ1) is 18.0. The minimum atomic E-state index is -0.150. The molecule has 0 unspecified atom stereocenters. The fraction of sp³-hybridized carbons (Fsp3) is 0.696. The van der Waals surface area contributed by atoms with Crippen LogP contribution < -0.4 is 10.6 Å². The van der Waals surface area contributed by atoms with Gasteiger partial charge in [-0.15, -0.1) is 0 Å². The van der Waals surface area contributed by atoms with E-state index in [0.29, 0.717) is 5.41 Å². The summed E-state index contributed by atoms with van der Waals surface area (Å²) in [7, 11) is 0. The third-order valence-electron chi connectivity index (χ3n) is 7.27. The number of rotatable bonds is 5. The van der Waals surface area contributed by atoms with Crippen molar-refractivity contribution >= 4 is 11.6 Å². The average molecular weight is 355 g/mol. The van der Waals surface area contributed by atoms with Crippen molar-refractivity contribution in [2.24, 2.45) is 23.2 Å². The highest BCUT2D eigenvalue weighted by Crippen LogP contribution is 2.59. The molecule has 1 aromatic carbocycles. The first-order valence-electron chi connectivity index (χ1n) is 10.5. The minimum absolute atomic E-state index is 0.0878. The third-order valence-corrected chi connectivity index (χ3v) is 7.27. The summed E-state index contributed by atoms with van der Waals surface area (Å²) in [6.07, 6.45) is 8.58. The largest absolute Gasteiger partial charge is 0.324 e. The first-order valence-corrected chi connectivity index (χ1v) is 10.5. The molecule has 4 fully saturated rings. The maximum atomic E-state index is 12.7. The van der Waals surface area contributed by atoms with E-state index in [1.165, 1.54) is 44.1 Å². The van der Waals surface area contributed by atoms with Gasteiger partial charge < -0.3 is 10.6 Å². The molecule has 3 heteroatoms. The Morgan fingerprint density at radius 2 is 1.54 bits per heavy atom. The number of hydrogen-bond acceptors (Lipinski definition) is 2. The number of hydrogen-bond donors (Lipinski definition) is 2. The number of carbonyl (C=O) groups excluding carboxylic acids is 1. The predicted molar refractivity (Wildman–Crippen MR) is 107 cm³/mol. The maximum absolute atomic E-state index is 12.7. The van der Waals surface area contributed by atoms with E-state index in [2.05, 4.69) is 43.5 Å². The van der Waals surface area contributed by atoms with Crippen LogP contribution in [0.15, 0.2) is 12.1 Å². The van der Waals surface area contributed by atoms with Gasteiger partial charge >= 0.3 is 0 Å². The van der Waals surface area contributed by atoms with Gasteiger partial charge in [-0.2, -0.15) is 0 Å². The van der Waals surface area contributed by atoms with Crippen molar-refractivity contribution in [3.05, 3.63) is 28.8 Å². The number of benzene rings is 1. The van der Waals surface area contributed by atoms with Crippen molar-refractivity contribution in [1.82, 2.24) is 5.32 Å². The zero-order valence-electron chi connectivity index (χ0n) is 16.8. The molecule has 0 saturated heterocycles. The van der Waals surface area contributed by atoms with Crippen LogP contribution in [0.1, 0.15) is 62.1 Å². The smallest absolute Gasteiger partial charge is 0.241 e. The van der Waals surface area contributed by atoms with E-state index in [9.17, 15) is 4.79 Å². The van der Waals surface area contributed by atoms with Crippen LogP contribution >= 0.6 is 0 Å². The van der Waals surface area contributed by atoms with E-state index < -0.39 is 0 Å². The monoisotopic (exact) mass is 354 g/mol. The van der Waals surface area contributed by atoms with Crippen LogP contribution in [-0.2, 0) is 4.79 Å². The Morgan fingerprint density at radius 1 is 1.04 bits per heavy atom. The number of nitrogens with one attached hydrogen (secondary N) is 2. The van der Waals surface area contributed by atoms with E-state index >= 15 is 0 Å². The summed E-state index contributed by atoms with van der Waals surface area (Å²) >= 11 is 0. The Kier molecular flexibility index (Phi) is 4.63. The Hall–Kier alpha value is -1.35. The second-order valence-electron chi connectivity index (χ2n) is 9.78. The van der Waals surface area contributed by atoms with Crippen LogP contribution in [0.25, 0.3) is 0 Å². The molecule has 1 atom stereocenters. The second-order valence-corrected chi connectivity index (χ2v) is 9.78. The molecule has 0 spiro atoms. The molecule has 0 radical (unpaired) electrons. The molecule has 4 aliphatic rings. The van der Waals surface area contributed by atoms with Gasteiger partial charge in [0.25, 0.3) is 0 Å². The summed E-state index contributed by atoms with van der Waals surface area (Å²) < 4.78 is 0. The lowest BCUT2D eigenvalue weighted by molar-refractivity contribution is -0.118. The minimum Gasteiger partial charge on any atom is -0.324 e. The first-order chi connectivity index (χ1) is 12.3. The lowest BCUT2D eigenvalue weighted by atomic mass is 9.49. The van der Waals surface area contributed by atoms with Crippen molar-refractivity contribution in [3.8, 4) is 0 Å². The van der Waals surface area contributed by atoms with Gasteiger partial charge in [-0.25, -0.2) is 0 Å². The number of amides is 1. The topological polar surface area (TPSA) is 41.1 Å². The van der Waals surface area contributed by atoms with Gasteiger partial charge in [0.1, 0.15) is 0 Å². The summed E-state index contributed by atoms with van der Waals surface area (Å²) in [5.41, 5.74) is 4.97. The van der Waals surface area contributed by atoms with Gasteiger partial charge in [-0.1, -0.05) is 17.7 Å². The Labute approximate surface area is 158 Å². The lowest BCUT2D eigenvalue weighted by Crippen LogP contribution is -2.52. The van der Waals surface area contributed by atoms with Gasteiger partial charge in [0.05, 0.1) is 6.04 Å². The molecule has 5 rings (SSSR count). The van der Waals surface area contributed by atoms with Crippen LogP contribution in [0.4, 0.5) is 5.69 Å². The van der Waals surface area contributed by atoms with Gasteiger partial charge in [-0.3, -0.25) is 4.79 Å². The zero-order valence-corrected chi connectivity index (χ0v) is 16.8. The van der Waals surface area contributed by atoms with Crippen molar-refractivity contribution in [3.63, 3.8) is 0 Å². The van der Waals surface area contributed by atoms with Crippen LogP contribution in [0.2, 0.25) is 0 Å². The van der Waals surface area contributed by atoms with Crippen LogP contribution in [0, 0.1) is 43.9 Å². The predicted octanol–water partition coefficient (Wildman–Crippen LogP) is 4.74. The van der Waals surface area contributed by atoms with Crippen molar-refractivity contribution in [2.45, 2.75) is 72.3 Å². The number of anilines is 1. The summed E-state index contributed by atoms with van der Waals surface area (Å²) in [6, 6.07) is 4.12. The fourth-order valence-electron chi connectivity index (χ4n) is 6.58. The highest BCUT2D eigenvalue weighted by molar-refractivity contribution is 5.95. The molecule has 1 aromatic rings. The number of aryl methyl sites for hydroxylation is 3. The highest BCUT2D eigenvalue weighted by atomic mass is 16.2. The SMILES string of the molecule is Cc1cc(C)c(NC(=O)[C@@H](C)NCC23CC4CC(CC(C4)C2)C3)c(C)c1. The van der Waals surface area contributed by atoms with Crippen LogP contribution in [-0.4, -0.2) is 18.5 Å². The zero-order chi connectivity index (χ0) is 18.5. The van der Waals surface area contributed by atoms with E-state index in [0.717, 1.165) is 41.1 Å². The fourth-order valence-corrected chi connectivity index (χ4v) is 6.58. The second kappa shape index (κ2) is 6.67. The molecule has 2 N–H and O–H groups in total. The molecule has 4 aliphatic carbocycles. The van der Waals surface area contributed by atoms with E-state index in [-0.39, 0.29) is 11.9 Å². The maximum Gasteiger partial charge on any atom is 0.241 e. The Morgan fingerprint density at radius 3 is 2.04 bits per heavy atom. The molecule has 4 saturated carbocycles.